The molecule has 0 saturated heterocycles. The van der Waals surface area contributed by atoms with Crippen molar-refractivity contribution in [3.05, 3.63) is 94.8 Å². The highest BCUT2D eigenvalue weighted by Crippen LogP contribution is 2.29. The fraction of sp³-hybridized carbons (Fsp3) is 0.185. The molecule has 9 nitrogen and oxygen atoms in total. The number of pyridine rings is 1. The Hall–Kier alpha value is -4.37. The van der Waals surface area contributed by atoms with Crippen LogP contribution < -0.4 is 10.6 Å². The van der Waals surface area contributed by atoms with Crippen molar-refractivity contribution in [2.24, 2.45) is 0 Å². The maximum atomic E-state index is 12.3. The maximum Gasteiger partial charge on any atom is 0.408 e. The molecule has 0 bridgehead atoms. The summed E-state index contributed by atoms with van der Waals surface area (Å²) in [5, 5.41) is 19.8. The maximum absolute atomic E-state index is 12.3. The number of halogens is 1. The largest absolute Gasteiger partial charge is 0.481 e. The molecule has 2 unspecified atom stereocenters. The minimum atomic E-state index is -0.910. The van der Waals surface area contributed by atoms with Gasteiger partial charge in [-0.25, -0.2) is 9.78 Å². The van der Waals surface area contributed by atoms with Gasteiger partial charge in [-0.1, -0.05) is 53.2 Å². The van der Waals surface area contributed by atoms with E-state index in [9.17, 15) is 14.7 Å². The Morgan fingerprint density at radius 1 is 1.05 bits per heavy atom. The van der Waals surface area contributed by atoms with Crippen molar-refractivity contribution in [1.82, 2.24) is 15.5 Å². The molecule has 0 aliphatic carbocycles. The molecule has 1 amide bonds. The predicted molar refractivity (Wildman–Crippen MR) is 139 cm³/mol. The normalized spacial score (nSPS) is 12.4. The van der Waals surface area contributed by atoms with Crippen molar-refractivity contribution in [1.29, 1.82) is 0 Å². The molecule has 4 rings (SSSR count). The summed E-state index contributed by atoms with van der Waals surface area (Å²) in [5.41, 5.74) is 3.88. The highest BCUT2D eigenvalue weighted by molar-refractivity contribution is 6.31. The fourth-order valence-corrected chi connectivity index (χ4v) is 4.02. The van der Waals surface area contributed by atoms with Crippen LogP contribution >= 0.6 is 11.6 Å². The standard InChI is InChI=1S/C27H25ClN4O5/c1-16(26(33)34)20-7-4-6-10-23(20)31-24-12-11-18(13-29-24)25-19(15-36-32-25)14-30-27(35)37-17(2)21-8-3-5-9-22(21)28/h3-13,15-17H,14H2,1-2H3,(H,29,31)(H,30,35)(H,33,34). The van der Waals surface area contributed by atoms with Gasteiger partial charge >= 0.3 is 12.1 Å². The Labute approximate surface area is 218 Å². The summed E-state index contributed by atoms with van der Waals surface area (Å²) < 4.78 is 10.6. The zero-order valence-electron chi connectivity index (χ0n) is 20.1. The molecule has 0 radical (unpaired) electrons. The quantitative estimate of drug-likeness (QED) is 0.234. The molecule has 0 saturated carbocycles. The number of ether oxygens (including phenoxy) is 1. The van der Waals surface area contributed by atoms with Crippen molar-refractivity contribution < 1.29 is 24.0 Å². The number of anilines is 2. The van der Waals surface area contributed by atoms with E-state index in [1.807, 2.05) is 18.2 Å². The number of carboxylic acids is 1. The third-order valence-corrected chi connectivity index (χ3v) is 6.13. The second-order valence-electron chi connectivity index (χ2n) is 8.32. The Morgan fingerprint density at radius 2 is 1.78 bits per heavy atom. The first kappa shape index (κ1) is 25.7. The summed E-state index contributed by atoms with van der Waals surface area (Å²) in [5.74, 6) is -1.05. The van der Waals surface area contributed by atoms with Crippen molar-refractivity contribution in [2.45, 2.75) is 32.4 Å². The van der Waals surface area contributed by atoms with Gasteiger partial charge in [0.25, 0.3) is 0 Å². The Bertz CT molecular complexity index is 1390. The van der Waals surface area contributed by atoms with Gasteiger partial charge in [0.15, 0.2) is 0 Å². The van der Waals surface area contributed by atoms with Crippen LogP contribution in [0.1, 0.15) is 42.6 Å². The van der Waals surface area contributed by atoms with Crippen LogP contribution in [-0.4, -0.2) is 27.3 Å². The number of carbonyl (C=O) groups is 2. The number of para-hydroxylation sites is 1. The van der Waals surface area contributed by atoms with Crippen LogP contribution in [0.2, 0.25) is 5.02 Å². The molecular formula is C27H25ClN4O5. The first-order valence-corrected chi connectivity index (χ1v) is 11.9. The molecule has 2 aromatic carbocycles. The van der Waals surface area contributed by atoms with E-state index in [0.29, 0.717) is 44.5 Å². The van der Waals surface area contributed by atoms with E-state index in [-0.39, 0.29) is 6.54 Å². The van der Waals surface area contributed by atoms with Gasteiger partial charge in [0.1, 0.15) is 23.9 Å². The minimum absolute atomic E-state index is 0.132. The molecule has 4 aromatic rings. The highest BCUT2D eigenvalue weighted by atomic mass is 35.5. The number of hydrogen-bond donors (Lipinski definition) is 3. The van der Waals surface area contributed by atoms with Gasteiger partial charge in [-0.2, -0.15) is 0 Å². The lowest BCUT2D eigenvalue weighted by Gasteiger charge is -2.15. The smallest absolute Gasteiger partial charge is 0.408 e. The van der Waals surface area contributed by atoms with Gasteiger partial charge in [-0.3, -0.25) is 4.79 Å². The summed E-state index contributed by atoms with van der Waals surface area (Å²) in [6.45, 7) is 3.51. The Kier molecular flexibility index (Phi) is 8.05. The molecule has 2 aromatic heterocycles. The number of carbonyl (C=O) groups excluding carboxylic acids is 1. The topological polar surface area (TPSA) is 127 Å². The molecule has 10 heteroatoms. The highest BCUT2D eigenvalue weighted by Gasteiger charge is 2.18. The van der Waals surface area contributed by atoms with Gasteiger partial charge in [-0.15, -0.1) is 0 Å². The second kappa shape index (κ2) is 11.6. The van der Waals surface area contributed by atoms with E-state index in [2.05, 4.69) is 20.8 Å². The molecule has 2 heterocycles. The van der Waals surface area contributed by atoms with Crippen LogP contribution in [0.25, 0.3) is 11.3 Å². The zero-order valence-corrected chi connectivity index (χ0v) is 20.9. The Balaban J connectivity index is 1.40. The fourth-order valence-electron chi connectivity index (χ4n) is 3.73. The average Bonchev–Trinajstić information content (AvgIpc) is 3.36. The molecule has 2 atom stereocenters. The molecule has 190 valence electrons. The molecule has 0 fully saturated rings. The summed E-state index contributed by atoms with van der Waals surface area (Å²) in [4.78, 5) is 28.2. The number of alkyl carbamates (subject to hydrolysis) is 1. The van der Waals surface area contributed by atoms with Gasteiger partial charge in [0.05, 0.1) is 12.5 Å². The lowest BCUT2D eigenvalue weighted by atomic mass is 9.99. The van der Waals surface area contributed by atoms with Crippen molar-refractivity contribution >= 4 is 35.2 Å². The van der Waals surface area contributed by atoms with E-state index in [0.717, 1.165) is 0 Å². The number of aliphatic carboxylic acids is 1. The van der Waals surface area contributed by atoms with E-state index in [1.54, 1.807) is 62.5 Å². The summed E-state index contributed by atoms with van der Waals surface area (Å²) in [6.07, 6.45) is 1.93. The number of benzene rings is 2. The first-order valence-electron chi connectivity index (χ1n) is 11.5. The van der Waals surface area contributed by atoms with Crippen LogP contribution in [-0.2, 0) is 16.1 Å². The van der Waals surface area contributed by atoms with Crippen LogP contribution in [0.4, 0.5) is 16.3 Å². The minimum Gasteiger partial charge on any atom is -0.481 e. The van der Waals surface area contributed by atoms with Crippen molar-refractivity contribution in [2.75, 3.05) is 5.32 Å². The van der Waals surface area contributed by atoms with Crippen LogP contribution in [0, 0.1) is 0 Å². The molecule has 3 N–H and O–H groups in total. The third kappa shape index (κ3) is 6.25. The van der Waals surface area contributed by atoms with Gasteiger partial charge < -0.3 is 25.0 Å². The Morgan fingerprint density at radius 3 is 2.49 bits per heavy atom. The molecular weight excluding hydrogens is 496 g/mol. The number of nitrogens with one attached hydrogen (secondary N) is 2. The molecule has 0 aliphatic heterocycles. The SMILES string of the molecule is CC(OC(=O)NCc1conc1-c1ccc(Nc2ccccc2C(C)C(=O)O)nc1)c1ccccc1Cl. The van der Waals surface area contributed by atoms with Gasteiger partial charge in [0, 0.05) is 33.6 Å². The molecule has 0 spiro atoms. The van der Waals surface area contributed by atoms with E-state index >= 15 is 0 Å². The van der Waals surface area contributed by atoms with E-state index < -0.39 is 24.1 Å². The number of amides is 1. The number of hydrogen-bond acceptors (Lipinski definition) is 7. The lowest BCUT2D eigenvalue weighted by molar-refractivity contribution is -0.138. The monoisotopic (exact) mass is 520 g/mol. The van der Waals surface area contributed by atoms with Crippen molar-refractivity contribution in [3.63, 3.8) is 0 Å². The lowest BCUT2D eigenvalue weighted by Crippen LogP contribution is -2.25. The van der Waals surface area contributed by atoms with Crippen molar-refractivity contribution in [3.8, 4) is 11.3 Å². The number of carboxylic acid groups (broad SMARTS) is 1. The molecule has 37 heavy (non-hydrogen) atoms. The average molecular weight is 521 g/mol. The third-order valence-electron chi connectivity index (χ3n) is 5.79. The van der Waals surface area contributed by atoms with Crippen LogP contribution in [0.3, 0.4) is 0 Å². The first-order chi connectivity index (χ1) is 17.8. The summed E-state index contributed by atoms with van der Waals surface area (Å²) in [6, 6.07) is 17.9. The number of nitrogens with zero attached hydrogens (tertiary/aromatic N) is 2. The number of rotatable bonds is 9. The molecule has 0 aliphatic rings. The van der Waals surface area contributed by atoms with Gasteiger partial charge in [0.2, 0.25) is 0 Å². The van der Waals surface area contributed by atoms with E-state index in [1.165, 1.54) is 6.26 Å². The van der Waals surface area contributed by atoms with Crippen LogP contribution in [0.15, 0.2) is 77.6 Å². The summed E-state index contributed by atoms with van der Waals surface area (Å²) >= 11 is 6.17. The van der Waals surface area contributed by atoms with Crippen LogP contribution in [0.5, 0.6) is 0 Å². The summed E-state index contributed by atoms with van der Waals surface area (Å²) in [7, 11) is 0. The number of aromatic nitrogens is 2. The van der Waals surface area contributed by atoms with Gasteiger partial charge in [-0.05, 0) is 43.7 Å². The van der Waals surface area contributed by atoms with E-state index in [4.69, 9.17) is 20.9 Å². The zero-order chi connectivity index (χ0) is 26.4. The predicted octanol–water partition coefficient (Wildman–Crippen LogP) is 6.31. The second-order valence-corrected chi connectivity index (χ2v) is 8.72.